The van der Waals surface area contributed by atoms with Crippen molar-refractivity contribution >= 4 is 34.5 Å². The second-order valence-corrected chi connectivity index (χ2v) is 7.50. The molecule has 1 heterocycles. The van der Waals surface area contributed by atoms with Gasteiger partial charge in [-0.15, -0.1) is 11.3 Å². The maximum absolute atomic E-state index is 13.8. The summed E-state index contributed by atoms with van der Waals surface area (Å²) in [5.74, 6) is -2.30. The molecule has 1 N–H and O–H groups in total. The molecule has 4 aromatic rings. The fourth-order valence-corrected chi connectivity index (χ4v) is 3.72. The molecule has 0 aliphatic carbocycles. The van der Waals surface area contributed by atoms with Gasteiger partial charge in [0.1, 0.15) is 16.6 Å². The second kappa shape index (κ2) is 8.11. The summed E-state index contributed by atoms with van der Waals surface area (Å²) in [6, 6.07) is 17.3. The molecule has 29 heavy (non-hydrogen) atoms. The lowest BCUT2D eigenvalue weighted by atomic mass is 10.1. The number of halogens is 3. The standard InChI is InChI=1S/C22H13ClF2N2OS/c23-15-6-4-13(5-7-15)22-27-20(12-29-22)14-2-1-3-17(10-14)26-21(28)18-9-8-16(24)11-19(18)25/h1-12H,(H,26,28). The molecule has 0 radical (unpaired) electrons. The summed E-state index contributed by atoms with van der Waals surface area (Å²) < 4.78 is 26.9. The number of nitrogens with one attached hydrogen (secondary N) is 1. The molecule has 0 aliphatic rings. The van der Waals surface area contributed by atoms with Gasteiger partial charge in [-0.3, -0.25) is 4.79 Å². The van der Waals surface area contributed by atoms with Gasteiger partial charge in [-0.05, 0) is 36.4 Å². The summed E-state index contributed by atoms with van der Waals surface area (Å²) in [5, 5.41) is 6.06. The van der Waals surface area contributed by atoms with E-state index < -0.39 is 17.5 Å². The average Bonchev–Trinajstić information content (AvgIpc) is 3.19. The smallest absolute Gasteiger partial charge is 0.258 e. The summed E-state index contributed by atoms with van der Waals surface area (Å²) >= 11 is 7.42. The zero-order chi connectivity index (χ0) is 20.4. The number of amides is 1. The number of thiazole rings is 1. The summed E-state index contributed by atoms with van der Waals surface area (Å²) in [5.41, 5.74) is 2.78. The van der Waals surface area contributed by atoms with Crippen molar-refractivity contribution < 1.29 is 13.6 Å². The van der Waals surface area contributed by atoms with Crippen molar-refractivity contribution in [2.45, 2.75) is 0 Å². The van der Waals surface area contributed by atoms with Crippen molar-refractivity contribution in [1.82, 2.24) is 4.98 Å². The first-order chi connectivity index (χ1) is 14.0. The Morgan fingerprint density at radius 2 is 1.76 bits per heavy atom. The Balaban J connectivity index is 1.56. The third-order valence-electron chi connectivity index (χ3n) is 4.19. The molecule has 0 bridgehead atoms. The van der Waals surface area contributed by atoms with Gasteiger partial charge in [-0.25, -0.2) is 13.8 Å². The van der Waals surface area contributed by atoms with E-state index in [0.29, 0.717) is 16.8 Å². The molecule has 0 aliphatic heterocycles. The minimum atomic E-state index is -0.911. The van der Waals surface area contributed by atoms with E-state index in [1.807, 2.05) is 35.7 Å². The average molecular weight is 427 g/mol. The van der Waals surface area contributed by atoms with Crippen LogP contribution in [0.5, 0.6) is 0 Å². The first kappa shape index (κ1) is 19.2. The normalized spacial score (nSPS) is 10.7. The molecule has 0 saturated heterocycles. The summed E-state index contributed by atoms with van der Waals surface area (Å²) in [6.07, 6.45) is 0. The maximum Gasteiger partial charge on any atom is 0.258 e. The lowest BCUT2D eigenvalue weighted by Crippen LogP contribution is -2.13. The van der Waals surface area contributed by atoms with Crippen LogP contribution in [-0.4, -0.2) is 10.9 Å². The molecule has 0 unspecified atom stereocenters. The van der Waals surface area contributed by atoms with E-state index in [1.165, 1.54) is 11.3 Å². The van der Waals surface area contributed by atoms with Crippen LogP contribution in [0, 0.1) is 11.6 Å². The highest BCUT2D eigenvalue weighted by Gasteiger charge is 2.13. The number of rotatable bonds is 4. The molecule has 1 aromatic heterocycles. The predicted octanol–water partition coefficient (Wildman–Crippen LogP) is 6.66. The van der Waals surface area contributed by atoms with E-state index in [1.54, 1.807) is 18.2 Å². The SMILES string of the molecule is O=C(Nc1cccc(-c2csc(-c3ccc(Cl)cc3)n2)c1)c1ccc(F)cc1F. The van der Waals surface area contributed by atoms with Crippen LogP contribution in [0.4, 0.5) is 14.5 Å². The van der Waals surface area contributed by atoms with E-state index in [4.69, 9.17) is 11.6 Å². The van der Waals surface area contributed by atoms with Crippen molar-refractivity contribution in [2.24, 2.45) is 0 Å². The minimum Gasteiger partial charge on any atom is -0.322 e. The molecule has 3 nitrogen and oxygen atoms in total. The molecule has 1 amide bonds. The number of aromatic nitrogens is 1. The third kappa shape index (κ3) is 4.34. The van der Waals surface area contributed by atoms with Gasteiger partial charge in [0.15, 0.2) is 0 Å². The molecule has 0 spiro atoms. The van der Waals surface area contributed by atoms with E-state index in [9.17, 15) is 13.6 Å². The highest BCUT2D eigenvalue weighted by molar-refractivity contribution is 7.13. The zero-order valence-electron chi connectivity index (χ0n) is 14.8. The molecule has 144 valence electrons. The van der Waals surface area contributed by atoms with Gasteiger partial charge in [-0.2, -0.15) is 0 Å². The minimum absolute atomic E-state index is 0.226. The molecule has 3 aromatic carbocycles. The van der Waals surface area contributed by atoms with Crippen LogP contribution in [0.1, 0.15) is 10.4 Å². The van der Waals surface area contributed by atoms with Crippen LogP contribution in [0.25, 0.3) is 21.8 Å². The summed E-state index contributed by atoms with van der Waals surface area (Å²) in [6.45, 7) is 0. The van der Waals surface area contributed by atoms with Gasteiger partial charge in [0, 0.05) is 33.3 Å². The number of benzene rings is 3. The fraction of sp³-hybridized carbons (Fsp3) is 0. The quantitative estimate of drug-likeness (QED) is 0.396. The Kier molecular flexibility index (Phi) is 5.38. The van der Waals surface area contributed by atoms with Crippen molar-refractivity contribution in [3.63, 3.8) is 0 Å². The zero-order valence-corrected chi connectivity index (χ0v) is 16.4. The van der Waals surface area contributed by atoms with Crippen molar-refractivity contribution in [3.8, 4) is 21.8 Å². The monoisotopic (exact) mass is 426 g/mol. The van der Waals surface area contributed by atoms with Crippen LogP contribution >= 0.6 is 22.9 Å². The van der Waals surface area contributed by atoms with Gasteiger partial charge in [0.05, 0.1) is 11.3 Å². The van der Waals surface area contributed by atoms with Crippen LogP contribution < -0.4 is 5.32 Å². The van der Waals surface area contributed by atoms with E-state index in [-0.39, 0.29) is 5.56 Å². The Hall–Kier alpha value is -3.09. The van der Waals surface area contributed by atoms with Gasteiger partial charge in [0.2, 0.25) is 0 Å². The molecule has 0 atom stereocenters. The van der Waals surface area contributed by atoms with Crippen LogP contribution in [0.2, 0.25) is 5.02 Å². The van der Waals surface area contributed by atoms with Crippen molar-refractivity contribution in [2.75, 3.05) is 5.32 Å². The van der Waals surface area contributed by atoms with Crippen LogP contribution in [-0.2, 0) is 0 Å². The molecular weight excluding hydrogens is 414 g/mol. The number of hydrogen-bond donors (Lipinski definition) is 1. The van der Waals surface area contributed by atoms with Crippen LogP contribution in [0.15, 0.2) is 72.1 Å². The van der Waals surface area contributed by atoms with Crippen molar-refractivity contribution in [1.29, 1.82) is 0 Å². The number of anilines is 1. The predicted molar refractivity (Wildman–Crippen MR) is 112 cm³/mol. The Bertz CT molecular complexity index is 1190. The summed E-state index contributed by atoms with van der Waals surface area (Å²) in [7, 11) is 0. The van der Waals surface area contributed by atoms with E-state index in [0.717, 1.165) is 34.0 Å². The molecular formula is C22H13ClF2N2OS. The number of hydrogen-bond acceptors (Lipinski definition) is 3. The van der Waals surface area contributed by atoms with E-state index >= 15 is 0 Å². The fourth-order valence-electron chi connectivity index (χ4n) is 2.76. The van der Waals surface area contributed by atoms with Crippen LogP contribution in [0.3, 0.4) is 0 Å². The lowest BCUT2D eigenvalue weighted by Gasteiger charge is -2.07. The maximum atomic E-state index is 13.8. The Morgan fingerprint density at radius 3 is 2.52 bits per heavy atom. The first-order valence-corrected chi connectivity index (χ1v) is 9.84. The Labute approximate surface area is 174 Å². The molecule has 0 saturated carbocycles. The number of nitrogens with zero attached hydrogens (tertiary/aromatic N) is 1. The molecule has 0 fully saturated rings. The second-order valence-electron chi connectivity index (χ2n) is 6.20. The Morgan fingerprint density at radius 1 is 0.966 bits per heavy atom. The summed E-state index contributed by atoms with van der Waals surface area (Å²) in [4.78, 5) is 17.0. The van der Waals surface area contributed by atoms with E-state index in [2.05, 4.69) is 10.3 Å². The van der Waals surface area contributed by atoms with Crippen molar-refractivity contribution in [3.05, 3.63) is 94.3 Å². The molecule has 4 rings (SSSR count). The largest absolute Gasteiger partial charge is 0.322 e. The molecule has 7 heteroatoms. The van der Waals surface area contributed by atoms with Gasteiger partial charge >= 0.3 is 0 Å². The first-order valence-electron chi connectivity index (χ1n) is 8.58. The van der Waals surface area contributed by atoms with Gasteiger partial charge in [-0.1, -0.05) is 35.9 Å². The third-order valence-corrected chi connectivity index (χ3v) is 5.33. The highest BCUT2D eigenvalue weighted by atomic mass is 35.5. The topological polar surface area (TPSA) is 42.0 Å². The number of carbonyl (C=O) groups is 1. The number of carbonyl (C=O) groups excluding carboxylic acids is 1. The highest BCUT2D eigenvalue weighted by Crippen LogP contribution is 2.30. The van der Waals surface area contributed by atoms with Gasteiger partial charge < -0.3 is 5.32 Å². The lowest BCUT2D eigenvalue weighted by molar-refractivity contribution is 0.102. The van der Waals surface area contributed by atoms with Gasteiger partial charge in [0.25, 0.3) is 5.91 Å².